The fourth-order valence-corrected chi connectivity index (χ4v) is 4.34. The van der Waals surface area contributed by atoms with Crippen molar-refractivity contribution in [2.45, 2.75) is 38.8 Å². The average molecular weight is 365 g/mol. The summed E-state index contributed by atoms with van der Waals surface area (Å²) in [6.07, 6.45) is 7.35. The van der Waals surface area contributed by atoms with Crippen LogP contribution >= 0.6 is 0 Å². The Hall–Kier alpha value is -2.63. The lowest BCUT2D eigenvalue weighted by Crippen LogP contribution is -2.62. The summed E-state index contributed by atoms with van der Waals surface area (Å²) in [5.41, 5.74) is 1.18. The minimum absolute atomic E-state index is 0.0412. The number of aromatic nitrogens is 2. The molecule has 2 amide bonds. The summed E-state index contributed by atoms with van der Waals surface area (Å²) in [4.78, 5) is 25.8. The number of pyridine rings is 2. The molecule has 6 nitrogen and oxygen atoms in total. The number of carbonyl (C=O) groups is 1. The van der Waals surface area contributed by atoms with Crippen LogP contribution in [0.15, 0.2) is 48.9 Å². The summed E-state index contributed by atoms with van der Waals surface area (Å²) in [6.45, 7) is 7.02. The van der Waals surface area contributed by atoms with Crippen molar-refractivity contribution in [1.82, 2.24) is 20.2 Å². The molecule has 1 N–H and O–H groups in total. The highest BCUT2D eigenvalue weighted by Gasteiger charge is 2.49. The zero-order valence-electron chi connectivity index (χ0n) is 16.0. The Morgan fingerprint density at radius 2 is 1.96 bits per heavy atom. The number of amides is 2. The minimum atomic E-state index is 0.0412. The second-order valence-corrected chi connectivity index (χ2v) is 8.20. The van der Waals surface area contributed by atoms with Crippen LogP contribution < -0.4 is 10.2 Å². The molecule has 2 aliphatic rings. The van der Waals surface area contributed by atoms with Gasteiger partial charge in [0, 0.05) is 49.7 Å². The van der Waals surface area contributed by atoms with E-state index in [0.29, 0.717) is 0 Å². The molecule has 2 aromatic heterocycles. The Morgan fingerprint density at radius 1 is 1.15 bits per heavy atom. The molecule has 1 unspecified atom stereocenters. The van der Waals surface area contributed by atoms with Gasteiger partial charge in [0.05, 0.1) is 6.04 Å². The summed E-state index contributed by atoms with van der Waals surface area (Å²) in [5.74, 6) is 1.02. The zero-order valence-corrected chi connectivity index (χ0v) is 16.0. The van der Waals surface area contributed by atoms with E-state index in [1.165, 1.54) is 0 Å². The third-order valence-corrected chi connectivity index (χ3v) is 5.69. The van der Waals surface area contributed by atoms with E-state index in [9.17, 15) is 4.79 Å². The highest BCUT2D eigenvalue weighted by Crippen LogP contribution is 2.48. The van der Waals surface area contributed by atoms with Crippen LogP contribution in [0.5, 0.6) is 0 Å². The summed E-state index contributed by atoms with van der Waals surface area (Å²) < 4.78 is 0. The first-order chi connectivity index (χ1) is 13.0. The number of rotatable bonds is 3. The van der Waals surface area contributed by atoms with Gasteiger partial charge in [-0.15, -0.1) is 0 Å². The largest absolute Gasteiger partial charge is 0.356 e. The predicted octanol–water partition coefficient (Wildman–Crippen LogP) is 3.24. The van der Waals surface area contributed by atoms with Gasteiger partial charge < -0.3 is 15.1 Å². The molecule has 0 aromatic carbocycles. The van der Waals surface area contributed by atoms with Gasteiger partial charge in [0.1, 0.15) is 5.82 Å². The third-order valence-electron chi connectivity index (χ3n) is 5.69. The van der Waals surface area contributed by atoms with E-state index >= 15 is 0 Å². The van der Waals surface area contributed by atoms with Crippen LogP contribution in [-0.4, -0.2) is 46.6 Å². The summed E-state index contributed by atoms with van der Waals surface area (Å²) in [7, 11) is 0. The molecule has 0 spiro atoms. The van der Waals surface area contributed by atoms with Crippen LogP contribution in [0.2, 0.25) is 0 Å². The van der Waals surface area contributed by atoms with Crippen LogP contribution in [0.3, 0.4) is 0 Å². The Bertz CT molecular complexity index is 772. The van der Waals surface area contributed by atoms with Gasteiger partial charge in [-0.25, -0.2) is 9.78 Å². The number of anilines is 1. The average Bonchev–Trinajstić information content (AvgIpc) is 2.68. The molecular weight excluding hydrogens is 338 g/mol. The van der Waals surface area contributed by atoms with Crippen LogP contribution in [-0.2, 0) is 0 Å². The van der Waals surface area contributed by atoms with E-state index in [0.717, 1.165) is 43.9 Å². The fraction of sp³-hybridized carbons (Fsp3) is 0.476. The highest BCUT2D eigenvalue weighted by molar-refractivity contribution is 5.76. The second kappa shape index (κ2) is 7.18. The molecule has 1 atom stereocenters. The monoisotopic (exact) mass is 365 g/mol. The van der Waals surface area contributed by atoms with E-state index in [1.807, 2.05) is 41.6 Å². The fourth-order valence-electron chi connectivity index (χ4n) is 4.34. The normalized spacial score (nSPS) is 22.2. The molecule has 4 heterocycles. The molecule has 2 aliphatic heterocycles. The minimum Gasteiger partial charge on any atom is -0.356 e. The molecular formula is C21H27N5O. The van der Waals surface area contributed by atoms with Crippen LogP contribution in [0.1, 0.15) is 38.3 Å². The van der Waals surface area contributed by atoms with Crippen molar-refractivity contribution in [1.29, 1.82) is 0 Å². The molecule has 0 radical (unpaired) electrons. The van der Waals surface area contributed by atoms with Gasteiger partial charge in [0.15, 0.2) is 0 Å². The Kier molecular flexibility index (Phi) is 4.72. The topological polar surface area (TPSA) is 61.4 Å². The lowest BCUT2D eigenvalue weighted by atomic mass is 9.72. The molecule has 4 rings (SSSR count). The smallest absolute Gasteiger partial charge is 0.318 e. The maximum absolute atomic E-state index is 12.9. The van der Waals surface area contributed by atoms with Crippen molar-refractivity contribution in [3.8, 4) is 0 Å². The Morgan fingerprint density at radius 3 is 2.59 bits per heavy atom. The van der Waals surface area contributed by atoms with E-state index in [2.05, 4.69) is 40.1 Å². The molecule has 27 heavy (non-hydrogen) atoms. The van der Waals surface area contributed by atoms with E-state index < -0.39 is 0 Å². The number of piperidine rings is 1. The number of hydrogen-bond acceptors (Lipinski definition) is 4. The summed E-state index contributed by atoms with van der Waals surface area (Å²) in [6, 6.07) is 10.3. The second-order valence-electron chi connectivity index (χ2n) is 8.20. The molecule has 6 heteroatoms. The number of likely N-dealkylation sites (tertiary alicyclic amines) is 1. The molecule has 0 bridgehead atoms. The zero-order chi connectivity index (χ0) is 18.9. The first kappa shape index (κ1) is 17.8. The van der Waals surface area contributed by atoms with Gasteiger partial charge in [-0.05, 0) is 36.6 Å². The lowest BCUT2D eigenvalue weighted by molar-refractivity contribution is -0.0177. The Balaban J connectivity index is 1.35. The Labute approximate surface area is 160 Å². The van der Waals surface area contributed by atoms with Crippen molar-refractivity contribution < 1.29 is 4.79 Å². The van der Waals surface area contributed by atoms with Crippen molar-refractivity contribution >= 4 is 11.8 Å². The molecule has 2 saturated heterocycles. The number of hydrogen-bond donors (Lipinski definition) is 1. The lowest BCUT2D eigenvalue weighted by Gasteiger charge is -2.54. The van der Waals surface area contributed by atoms with Gasteiger partial charge in [0.25, 0.3) is 0 Å². The molecule has 2 fully saturated rings. The van der Waals surface area contributed by atoms with Crippen molar-refractivity contribution in [3.05, 3.63) is 54.5 Å². The van der Waals surface area contributed by atoms with Crippen molar-refractivity contribution in [3.63, 3.8) is 0 Å². The van der Waals surface area contributed by atoms with Crippen LogP contribution in [0.4, 0.5) is 10.6 Å². The predicted molar refractivity (Wildman–Crippen MR) is 105 cm³/mol. The van der Waals surface area contributed by atoms with Gasteiger partial charge in [-0.1, -0.05) is 26.0 Å². The number of carbonyl (C=O) groups excluding carboxylic acids is 1. The molecule has 2 aromatic rings. The number of urea groups is 1. The van der Waals surface area contributed by atoms with Gasteiger partial charge >= 0.3 is 6.03 Å². The number of nitrogens with one attached hydrogen (secondary N) is 1. The molecule has 0 saturated carbocycles. The standard InChI is InChI=1S/C21H27N5O/c1-21(2)15-26(19(21)16-6-5-10-22-14-16)20(27)24-17-8-12-25(13-9-17)18-7-3-4-11-23-18/h3-7,10-11,14,17,19H,8-9,12-13,15H2,1-2H3,(H,24,27). The maximum atomic E-state index is 12.9. The van der Waals surface area contributed by atoms with Crippen molar-refractivity contribution in [2.75, 3.05) is 24.5 Å². The van der Waals surface area contributed by atoms with Crippen molar-refractivity contribution in [2.24, 2.45) is 5.41 Å². The SMILES string of the molecule is CC1(C)CN(C(=O)NC2CCN(c3ccccn3)CC2)C1c1cccnc1. The first-order valence-electron chi connectivity index (χ1n) is 9.68. The highest BCUT2D eigenvalue weighted by atomic mass is 16.2. The number of nitrogens with zero attached hydrogens (tertiary/aromatic N) is 4. The van der Waals surface area contributed by atoms with E-state index in [-0.39, 0.29) is 23.5 Å². The van der Waals surface area contributed by atoms with E-state index in [1.54, 1.807) is 6.20 Å². The maximum Gasteiger partial charge on any atom is 0.318 e. The molecule has 142 valence electrons. The van der Waals surface area contributed by atoms with Crippen LogP contribution in [0.25, 0.3) is 0 Å². The van der Waals surface area contributed by atoms with Crippen LogP contribution in [0, 0.1) is 5.41 Å². The van der Waals surface area contributed by atoms with Gasteiger partial charge in [-0.2, -0.15) is 0 Å². The van der Waals surface area contributed by atoms with Gasteiger partial charge in [0.2, 0.25) is 0 Å². The summed E-state index contributed by atoms with van der Waals surface area (Å²) in [5, 5.41) is 3.25. The van der Waals surface area contributed by atoms with Gasteiger partial charge in [-0.3, -0.25) is 4.98 Å². The third kappa shape index (κ3) is 3.61. The summed E-state index contributed by atoms with van der Waals surface area (Å²) >= 11 is 0. The molecule has 0 aliphatic carbocycles. The first-order valence-corrected chi connectivity index (χ1v) is 9.68. The quantitative estimate of drug-likeness (QED) is 0.907. The van der Waals surface area contributed by atoms with E-state index in [4.69, 9.17) is 0 Å².